The number of amides is 2. The quantitative estimate of drug-likeness (QED) is 0.501. The molecule has 12 heteroatoms. The van der Waals surface area contributed by atoms with Crippen molar-refractivity contribution < 1.29 is 27.5 Å². The van der Waals surface area contributed by atoms with Crippen molar-refractivity contribution in [1.82, 2.24) is 25.8 Å². The third-order valence-corrected chi connectivity index (χ3v) is 4.68. The minimum atomic E-state index is -4.60. The molecule has 0 bridgehead atoms. The van der Waals surface area contributed by atoms with Gasteiger partial charge in [0.05, 0.1) is 19.0 Å². The molecule has 1 saturated heterocycles. The van der Waals surface area contributed by atoms with E-state index in [0.717, 1.165) is 12.6 Å². The van der Waals surface area contributed by atoms with Gasteiger partial charge in [-0.05, 0) is 24.5 Å². The van der Waals surface area contributed by atoms with E-state index in [2.05, 4.69) is 20.4 Å². The van der Waals surface area contributed by atoms with E-state index >= 15 is 0 Å². The molecule has 0 saturated carbocycles. The van der Waals surface area contributed by atoms with Crippen molar-refractivity contribution in [2.24, 2.45) is 11.8 Å². The first kappa shape index (κ1) is 22.2. The van der Waals surface area contributed by atoms with Crippen LogP contribution in [0.4, 0.5) is 19.0 Å². The molecule has 0 radical (unpaired) electrons. The maximum Gasteiger partial charge on any atom is 0.437 e. The van der Waals surface area contributed by atoms with Crippen LogP contribution in [-0.4, -0.2) is 47.0 Å². The highest BCUT2D eigenvalue weighted by Gasteiger charge is 2.36. The Bertz CT molecular complexity index is 927. The second-order valence-electron chi connectivity index (χ2n) is 7.25. The number of nitrogens with zero attached hydrogens (tertiary/aromatic N) is 4. The Hall–Kier alpha value is -3.44. The molecule has 2 atom stereocenters. The molecule has 2 amide bonds. The van der Waals surface area contributed by atoms with E-state index in [4.69, 9.17) is 4.74 Å². The molecule has 0 aromatic carbocycles. The molecule has 9 nitrogen and oxygen atoms in total. The number of hydrazine groups is 1. The fraction of sp³-hybridized carbons (Fsp3) is 0.421. The number of carbonyl (C=O) groups is 2. The Balaban J connectivity index is 1.69. The lowest BCUT2D eigenvalue weighted by Crippen LogP contribution is -2.42. The van der Waals surface area contributed by atoms with Gasteiger partial charge in [0.25, 0.3) is 5.91 Å². The zero-order chi connectivity index (χ0) is 22.4. The van der Waals surface area contributed by atoms with E-state index in [0.29, 0.717) is 25.3 Å². The van der Waals surface area contributed by atoms with Crippen molar-refractivity contribution in [3.63, 3.8) is 0 Å². The van der Waals surface area contributed by atoms with Gasteiger partial charge >= 0.3 is 6.18 Å². The number of hydrogen-bond acceptors (Lipinski definition) is 7. The first-order valence-corrected chi connectivity index (χ1v) is 9.49. The number of ether oxygens (including phenoxy) is 1. The summed E-state index contributed by atoms with van der Waals surface area (Å²) in [7, 11) is 0. The van der Waals surface area contributed by atoms with Gasteiger partial charge in [0, 0.05) is 25.2 Å². The third-order valence-electron chi connectivity index (χ3n) is 4.68. The summed E-state index contributed by atoms with van der Waals surface area (Å²) in [6.07, 6.45) is 0.320. The normalized spacial score (nSPS) is 18.9. The third kappa shape index (κ3) is 5.80. The molecule has 166 valence electrons. The number of halogens is 3. The predicted octanol–water partition coefficient (Wildman–Crippen LogP) is 1.82. The van der Waals surface area contributed by atoms with E-state index in [1.807, 2.05) is 17.2 Å². The molecule has 2 aromatic heterocycles. The van der Waals surface area contributed by atoms with Gasteiger partial charge in [-0.15, -0.1) is 0 Å². The van der Waals surface area contributed by atoms with Crippen LogP contribution in [0.1, 0.15) is 29.5 Å². The summed E-state index contributed by atoms with van der Waals surface area (Å²) in [6.45, 7) is 3.21. The largest absolute Gasteiger partial charge is 0.491 e. The molecule has 1 fully saturated rings. The van der Waals surface area contributed by atoms with Gasteiger partial charge in [-0.2, -0.15) is 13.2 Å². The van der Waals surface area contributed by atoms with Gasteiger partial charge in [0.15, 0.2) is 11.4 Å². The summed E-state index contributed by atoms with van der Waals surface area (Å²) in [5.74, 6) is -0.327. The Morgan fingerprint density at radius 3 is 2.90 bits per heavy atom. The first-order valence-electron chi connectivity index (χ1n) is 9.49. The summed E-state index contributed by atoms with van der Waals surface area (Å²) >= 11 is 0. The highest BCUT2D eigenvalue weighted by atomic mass is 19.4. The lowest BCUT2D eigenvalue weighted by molar-refractivity contribution is -0.142. The Morgan fingerprint density at radius 1 is 1.35 bits per heavy atom. The number of alkyl halides is 3. The molecule has 0 aliphatic carbocycles. The van der Waals surface area contributed by atoms with E-state index in [1.165, 1.54) is 24.5 Å². The minimum Gasteiger partial charge on any atom is -0.491 e. The van der Waals surface area contributed by atoms with Crippen LogP contribution in [0.2, 0.25) is 0 Å². The second kappa shape index (κ2) is 9.58. The molecular formula is C19H21F3N6O3. The summed E-state index contributed by atoms with van der Waals surface area (Å²) in [5, 5.41) is 0. The van der Waals surface area contributed by atoms with Crippen LogP contribution in [0.3, 0.4) is 0 Å². The van der Waals surface area contributed by atoms with Crippen LogP contribution >= 0.6 is 0 Å². The number of rotatable bonds is 7. The average molecular weight is 438 g/mol. The topological polar surface area (TPSA) is 109 Å². The number of nitrogens with one attached hydrogen (secondary N) is 2. The fourth-order valence-electron chi connectivity index (χ4n) is 3.49. The van der Waals surface area contributed by atoms with Crippen LogP contribution in [0.15, 0.2) is 30.7 Å². The highest BCUT2D eigenvalue weighted by molar-refractivity contribution is 5.92. The van der Waals surface area contributed by atoms with Crippen molar-refractivity contribution in [3.8, 4) is 5.75 Å². The van der Waals surface area contributed by atoms with E-state index in [1.54, 1.807) is 0 Å². The molecule has 3 rings (SSSR count). The van der Waals surface area contributed by atoms with Gasteiger partial charge < -0.3 is 9.64 Å². The lowest BCUT2D eigenvalue weighted by Gasteiger charge is -2.37. The smallest absolute Gasteiger partial charge is 0.437 e. The van der Waals surface area contributed by atoms with Gasteiger partial charge in [-0.25, -0.2) is 9.97 Å². The van der Waals surface area contributed by atoms with Crippen molar-refractivity contribution in [3.05, 3.63) is 42.1 Å². The number of hydrogen-bond donors (Lipinski definition) is 2. The van der Waals surface area contributed by atoms with E-state index < -0.39 is 17.8 Å². The molecule has 2 aromatic rings. The molecule has 1 aliphatic heterocycles. The summed E-state index contributed by atoms with van der Waals surface area (Å²) in [6, 6.07) is 2.65. The van der Waals surface area contributed by atoms with Crippen LogP contribution < -0.4 is 20.5 Å². The second-order valence-corrected chi connectivity index (χ2v) is 7.25. The first-order chi connectivity index (χ1) is 14.8. The molecular weight excluding hydrogens is 417 g/mol. The SMILES string of the molecule is CC1CC(COc2cccnc2C(F)(F)F)CN(c2cncc(C(=O)NNC=O)n2)C1. The molecule has 31 heavy (non-hydrogen) atoms. The molecule has 3 heterocycles. The summed E-state index contributed by atoms with van der Waals surface area (Å²) in [4.78, 5) is 35.9. The van der Waals surface area contributed by atoms with Crippen LogP contribution in [-0.2, 0) is 11.0 Å². The zero-order valence-electron chi connectivity index (χ0n) is 16.6. The number of carbonyl (C=O) groups excluding carboxylic acids is 2. The Kier molecular flexibility index (Phi) is 6.88. The number of pyridine rings is 1. The van der Waals surface area contributed by atoms with Crippen molar-refractivity contribution in [1.29, 1.82) is 0 Å². The summed E-state index contributed by atoms with van der Waals surface area (Å²) < 4.78 is 44.8. The van der Waals surface area contributed by atoms with Crippen LogP contribution in [0.5, 0.6) is 5.75 Å². The van der Waals surface area contributed by atoms with Crippen molar-refractivity contribution in [2.75, 3.05) is 24.6 Å². The predicted molar refractivity (Wildman–Crippen MR) is 103 cm³/mol. The Labute approximate surface area is 176 Å². The lowest BCUT2D eigenvalue weighted by atomic mass is 9.91. The van der Waals surface area contributed by atoms with Crippen molar-refractivity contribution >= 4 is 18.1 Å². The van der Waals surface area contributed by atoms with Gasteiger partial charge in [-0.1, -0.05) is 6.92 Å². The molecule has 2 N–H and O–H groups in total. The zero-order valence-corrected chi connectivity index (χ0v) is 16.6. The van der Waals surface area contributed by atoms with Crippen LogP contribution in [0.25, 0.3) is 0 Å². The highest BCUT2D eigenvalue weighted by Crippen LogP contribution is 2.35. The van der Waals surface area contributed by atoms with Crippen molar-refractivity contribution in [2.45, 2.75) is 19.5 Å². The fourth-order valence-corrected chi connectivity index (χ4v) is 3.49. The number of piperidine rings is 1. The maximum atomic E-state index is 13.1. The van der Waals surface area contributed by atoms with Gasteiger partial charge in [-0.3, -0.25) is 25.4 Å². The monoisotopic (exact) mass is 438 g/mol. The number of aromatic nitrogens is 3. The Morgan fingerprint density at radius 2 is 2.16 bits per heavy atom. The molecule has 1 aliphatic rings. The molecule has 2 unspecified atom stereocenters. The van der Waals surface area contributed by atoms with E-state index in [9.17, 15) is 22.8 Å². The van der Waals surface area contributed by atoms with Gasteiger partial charge in [0.1, 0.15) is 11.6 Å². The van der Waals surface area contributed by atoms with E-state index in [-0.39, 0.29) is 29.9 Å². The van der Waals surface area contributed by atoms with Gasteiger partial charge in [0.2, 0.25) is 6.41 Å². The standard InChI is InChI=1S/C19H21F3N6O3/c1-12-5-13(10-31-15-3-2-4-24-17(15)19(20,21)22)9-28(8-12)16-7-23-6-14(26-16)18(30)27-25-11-29/h2-4,6-7,11-13H,5,8-10H2,1H3,(H,25,29)(H,27,30). The average Bonchev–Trinajstić information content (AvgIpc) is 2.75. The van der Waals surface area contributed by atoms with Crippen LogP contribution in [0, 0.1) is 11.8 Å². The molecule has 0 spiro atoms. The maximum absolute atomic E-state index is 13.1. The minimum absolute atomic E-state index is 0.0167. The number of anilines is 1. The summed E-state index contributed by atoms with van der Waals surface area (Å²) in [5.41, 5.74) is 3.17.